The van der Waals surface area contributed by atoms with Gasteiger partial charge in [0.2, 0.25) is 0 Å². The number of nitrogens with two attached hydrogens (primary N) is 1. The summed E-state index contributed by atoms with van der Waals surface area (Å²) in [7, 11) is 0. The molecule has 2 atom stereocenters. The Morgan fingerprint density at radius 2 is 1.79 bits per heavy atom. The van der Waals surface area contributed by atoms with E-state index in [1.807, 2.05) is 0 Å². The fraction of sp³-hybridized carbons (Fsp3) is 1.00. The van der Waals surface area contributed by atoms with Crippen molar-refractivity contribution in [3.63, 3.8) is 0 Å². The highest BCUT2D eigenvalue weighted by Gasteiger charge is 2.30. The van der Waals surface area contributed by atoms with Crippen LogP contribution in [0.15, 0.2) is 0 Å². The summed E-state index contributed by atoms with van der Waals surface area (Å²) in [5, 5.41) is 0. The summed E-state index contributed by atoms with van der Waals surface area (Å²) in [4.78, 5) is 2.69. The van der Waals surface area contributed by atoms with E-state index in [1.54, 1.807) is 0 Å². The molecule has 0 aromatic carbocycles. The van der Waals surface area contributed by atoms with E-state index in [0.29, 0.717) is 6.04 Å². The van der Waals surface area contributed by atoms with Crippen LogP contribution in [-0.2, 0) is 4.74 Å². The number of likely N-dealkylation sites (tertiary alicyclic amines) is 1. The Labute approximate surface area is 118 Å². The topological polar surface area (TPSA) is 38.5 Å². The van der Waals surface area contributed by atoms with Crippen LogP contribution in [0.4, 0.5) is 0 Å². The molecule has 0 bridgehead atoms. The number of rotatable bonds is 4. The number of hydrogen-bond donors (Lipinski definition) is 1. The molecule has 2 aliphatic heterocycles. The molecular weight excluding hydrogens is 236 g/mol. The fourth-order valence-corrected chi connectivity index (χ4v) is 3.88. The van der Waals surface area contributed by atoms with Gasteiger partial charge in [0.1, 0.15) is 0 Å². The zero-order valence-corrected chi connectivity index (χ0v) is 12.8. The quantitative estimate of drug-likeness (QED) is 0.851. The van der Waals surface area contributed by atoms with E-state index in [4.69, 9.17) is 10.5 Å². The molecule has 0 aromatic rings. The van der Waals surface area contributed by atoms with Crippen LogP contribution in [0.25, 0.3) is 0 Å². The molecule has 0 aromatic heterocycles. The van der Waals surface area contributed by atoms with Crippen LogP contribution < -0.4 is 5.73 Å². The van der Waals surface area contributed by atoms with Crippen LogP contribution >= 0.6 is 0 Å². The molecular formula is C16H32N2O. The molecule has 2 rings (SSSR count). The molecule has 2 aliphatic rings. The summed E-state index contributed by atoms with van der Waals surface area (Å²) < 4.78 is 5.50. The van der Waals surface area contributed by atoms with Crippen molar-refractivity contribution < 1.29 is 4.74 Å². The van der Waals surface area contributed by atoms with Gasteiger partial charge in [-0.05, 0) is 62.9 Å². The Morgan fingerprint density at radius 3 is 2.42 bits per heavy atom. The summed E-state index contributed by atoms with van der Waals surface area (Å²) >= 11 is 0. The molecule has 2 saturated heterocycles. The van der Waals surface area contributed by atoms with Gasteiger partial charge in [-0.25, -0.2) is 0 Å². The largest absolute Gasteiger partial charge is 0.381 e. The van der Waals surface area contributed by atoms with E-state index in [0.717, 1.165) is 37.5 Å². The van der Waals surface area contributed by atoms with Crippen molar-refractivity contribution in [2.24, 2.45) is 23.5 Å². The Hall–Kier alpha value is -0.120. The zero-order valence-electron chi connectivity index (χ0n) is 12.8. The van der Waals surface area contributed by atoms with Gasteiger partial charge in [-0.1, -0.05) is 13.8 Å². The third-order valence-electron chi connectivity index (χ3n) is 5.27. The van der Waals surface area contributed by atoms with Gasteiger partial charge in [0.05, 0.1) is 0 Å². The lowest BCUT2D eigenvalue weighted by molar-refractivity contribution is 0.0280. The van der Waals surface area contributed by atoms with E-state index in [9.17, 15) is 0 Å². The van der Waals surface area contributed by atoms with Crippen molar-refractivity contribution in [3.05, 3.63) is 0 Å². The minimum Gasteiger partial charge on any atom is -0.381 e. The van der Waals surface area contributed by atoms with Crippen molar-refractivity contribution in [2.45, 2.75) is 52.0 Å². The minimum atomic E-state index is 0.592. The molecule has 0 radical (unpaired) electrons. The predicted molar refractivity (Wildman–Crippen MR) is 80.1 cm³/mol. The monoisotopic (exact) mass is 268 g/mol. The van der Waals surface area contributed by atoms with E-state index in [1.165, 1.54) is 45.2 Å². The second-order valence-electron chi connectivity index (χ2n) is 6.72. The van der Waals surface area contributed by atoms with Crippen LogP contribution in [0.2, 0.25) is 0 Å². The van der Waals surface area contributed by atoms with Crippen LogP contribution in [0.5, 0.6) is 0 Å². The van der Waals surface area contributed by atoms with Gasteiger partial charge in [-0.15, -0.1) is 0 Å². The first kappa shape index (κ1) is 15.3. The van der Waals surface area contributed by atoms with Gasteiger partial charge >= 0.3 is 0 Å². The molecule has 3 heteroatoms. The first-order chi connectivity index (χ1) is 9.22. The highest BCUT2D eigenvalue weighted by Crippen LogP contribution is 2.28. The first-order valence-electron chi connectivity index (χ1n) is 8.24. The molecule has 2 N–H and O–H groups in total. The van der Waals surface area contributed by atoms with Crippen molar-refractivity contribution in [1.82, 2.24) is 4.90 Å². The van der Waals surface area contributed by atoms with Gasteiger partial charge in [0.15, 0.2) is 0 Å². The molecule has 0 aliphatic carbocycles. The summed E-state index contributed by atoms with van der Waals surface area (Å²) in [6.07, 6.45) is 6.51. The van der Waals surface area contributed by atoms with E-state index in [-0.39, 0.29) is 0 Å². The van der Waals surface area contributed by atoms with Gasteiger partial charge in [0, 0.05) is 25.8 Å². The smallest absolute Gasteiger partial charge is 0.0469 e. The molecule has 19 heavy (non-hydrogen) atoms. The summed E-state index contributed by atoms with van der Waals surface area (Å²) in [6.45, 7) is 9.94. The number of nitrogens with zero attached hydrogens (tertiary/aromatic N) is 1. The van der Waals surface area contributed by atoms with Crippen molar-refractivity contribution in [1.29, 1.82) is 0 Å². The average Bonchev–Trinajstić information content (AvgIpc) is 2.67. The predicted octanol–water partition coefficient (Wildman–Crippen LogP) is 2.50. The third kappa shape index (κ3) is 4.17. The second-order valence-corrected chi connectivity index (χ2v) is 6.72. The lowest BCUT2D eigenvalue weighted by Crippen LogP contribution is -2.47. The Kier molecular flexibility index (Phi) is 6.11. The van der Waals surface area contributed by atoms with Gasteiger partial charge in [0.25, 0.3) is 0 Å². The highest BCUT2D eigenvalue weighted by molar-refractivity contribution is 4.84. The maximum atomic E-state index is 6.10. The molecule has 0 amide bonds. The highest BCUT2D eigenvalue weighted by atomic mass is 16.5. The van der Waals surface area contributed by atoms with Crippen LogP contribution in [0, 0.1) is 17.8 Å². The van der Waals surface area contributed by atoms with Crippen LogP contribution in [0.3, 0.4) is 0 Å². The van der Waals surface area contributed by atoms with Crippen LogP contribution in [0.1, 0.15) is 46.0 Å². The number of ether oxygens (including phenoxy) is 1. The number of hydrogen-bond acceptors (Lipinski definition) is 3. The molecule has 3 nitrogen and oxygen atoms in total. The average molecular weight is 268 g/mol. The van der Waals surface area contributed by atoms with Crippen molar-refractivity contribution in [3.8, 4) is 0 Å². The molecule has 2 unspecified atom stereocenters. The second kappa shape index (κ2) is 7.61. The van der Waals surface area contributed by atoms with Gasteiger partial charge in [-0.2, -0.15) is 0 Å². The normalized spacial score (nSPS) is 29.4. The van der Waals surface area contributed by atoms with E-state index < -0.39 is 0 Å². The van der Waals surface area contributed by atoms with Crippen molar-refractivity contribution in [2.75, 3.05) is 32.8 Å². The lowest BCUT2D eigenvalue weighted by Gasteiger charge is -2.37. The lowest BCUT2D eigenvalue weighted by atomic mass is 9.89. The third-order valence-corrected chi connectivity index (χ3v) is 5.27. The zero-order chi connectivity index (χ0) is 13.7. The maximum Gasteiger partial charge on any atom is 0.0469 e. The summed E-state index contributed by atoms with van der Waals surface area (Å²) in [6, 6.07) is 0.592. The van der Waals surface area contributed by atoms with Crippen LogP contribution in [-0.4, -0.2) is 43.8 Å². The molecule has 0 spiro atoms. The maximum absolute atomic E-state index is 6.10. The van der Waals surface area contributed by atoms with Crippen molar-refractivity contribution >= 4 is 0 Å². The van der Waals surface area contributed by atoms with Gasteiger partial charge in [-0.3, -0.25) is 4.90 Å². The summed E-state index contributed by atoms with van der Waals surface area (Å²) in [5.74, 6) is 2.51. The van der Waals surface area contributed by atoms with E-state index in [2.05, 4.69) is 18.7 Å². The summed E-state index contributed by atoms with van der Waals surface area (Å²) in [5.41, 5.74) is 6.10. The Morgan fingerprint density at radius 1 is 1.05 bits per heavy atom. The first-order valence-corrected chi connectivity index (χ1v) is 8.24. The van der Waals surface area contributed by atoms with Gasteiger partial charge < -0.3 is 10.5 Å². The molecule has 112 valence electrons. The fourth-order valence-electron chi connectivity index (χ4n) is 3.88. The molecule has 2 heterocycles. The Balaban J connectivity index is 1.91. The molecule has 2 fully saturated rings. The Bertz CT molecular complexity index is 251. The standard InChI is InChI=1S/C16H32N2O/c1-13(2)14-4-3-8-18(9-5-14)16(12-17)15-6-10-19-11-7-15/h13-16H,3-12,17H2,1-2H3. The molecule has 0 saturated carbocycles. The minimum absolute atomic E-state index is 0.592. The SMILES string of the molecule is CC(C)C1CCCN(C(CN)C2CCOCC2)CC1. The van der Waals surface area contributed by atoms with E-state index >= 15 is 0 Å².